The van der Waals surface area contributed by atoms with E-state index in [1.807, 2.05) is 30.9 Å². The van der Waals surface area contributed by atoms with Gasteiger partial charge in [-0.3, -0.25) is 14.6 Å². The zero-order valence-corrected chi connectivity index (χ0v) is 17.4. The maximum atomic E-state index is 12.4. The first-order valence-electron chi connectivity index (χ1n) is 10.5. The Hall–Kier alpha value is -2.11. The van der Waals surface area contributed by atoms with E-state index in [2.05, 4.69) is 17.2 Å². The Morgan fingerprint density at radius 2 is 2.11 bits per heavy atom. The lowest BCUT2D eigenvalue weighted by Gasteiger charge is -2.22. The number of pyridine rings is 1. The predicted molar refractivity (Wildman–Crippen MR) is 108 cm³/mol. The zero-order chi connectivity index (χ0) is 20.1. The summed E-state index contributed by atoms with van der Waals surface area (Å²) in [6.07, 6.45) is 7.51. The minimum Gasteiger partial charge on any atom is -0.488 e. The van der Waals surface area contributed by atoms with Gasteiger partial charge in [0.25, 0.3) is 0 Å². The highest BCUT2D eigenvalue weighted by atomic mass is 16.5. The van der Waals surface area contributed by atoms with Crippen molar-refractivity contribution in [2.75, 3.05) is 13.1 Å². The van der Waals surface area contributed by atoms with Gasteiger partial charge >= 0.3 is 0 Å². The predicted octanol–water partition coefficient (Wildman–Crippen LogP) is 3.30. The van der Waals surface area contributed by atoms with E-state index in [9.17, 15) is 9.59 Å². The van der Waals surface area contributed by atoms with Crippen LogP contribution in [-0.2, 0) is 16.1 Å². The molecule has 2 fully saturated rings. The molecule has 1 aliphatic heterocycles. The summed E-state index contributed by atoms with van der Waals surface area (Å²) in [4.78, 5) is 30.9. The van der Waals surface area contributed by atoms with Crippen LogP contribution in [0.3, 0.4) is 0 Å². The van der Waals surface area contributed by atoms with Crippen molar-refractivity contribution in [1.29, 1.82) is 0 Å². The van der Waals surface area contributed by atoms with E-state index >= 15 is 0 Å². The van der Waals surface area contributed by atoms with E-state index in [1.165, 1.54) is 12.8 Å². The molecule has 0 bridgehead atoms. The number of aromatic nitrogens is 1. The average molecular weight is 388 g/mol. The van der Waals surface area contributed by atoms with Crippen LogP contribution in [0.4, 0.5) is 0 Å². The summed E-state index contributed by atoms with van der Waals surface area (Å²) in [5.74, 6) is 1.67. The molecule has 1 unspecified atom stereocenters. The fourth-order valence-corrected chi connectivity index (χ4v) is 3.72. The van der Waals surface area contributed by atoms with Gasteiger partial charge in [0.1, 0.15) is 11.9 Å². The van der Waals surface area contributed by atoms with Gasteiger partial charge in [0.2, 0.25) is 11.8 Å². The third-order valence-electron chi connectivity index (χ3n) is 5.67. The molecule has 154 valence electrons. The fourth-order valence-electron chi connectivity index (χ4n) is 3.72. The third-order valence-corrected chi connectivity index (χ3v) is 5.67. The van der Waals surface area contributed by atoms with E-state index in [1.54, 1.807) is 6.20 Å². The largest absolute Gasteiger partial charge is 0.488 e. The normalized spacial score (nSPS) is 19.5. The molecule has 0 spiro atoms. The van der Waals surface area contributed by atoms with Crippen LogP contribution in [-0.4, -0.2) is 40.9 Å². The van der Waals surface area contributed by atoms with Crippen LogP contribution >= 0.6 is 0 Å². The Bertz CT molecular complexity index is 700. The maximum absolute atomic E-state index is 12.4. The first-order chi connectivity index (χ1) is 13.4. The second-order valence-electron chi connectivity index (χ2n) is 8.82. The molecule has 2 amide bonds. The van der Waals surface area contributed by atoms with Crippen LogP contribution in [0, 0.1) is 11.3 Å². The van der Waals surface area contributed by atoms with Crippen LogP contribution in [0.15, 0.2) is 18.3 Å². The lowest BCUT2D eigenvalue weighted by molar-refractivity contribution is -0.131. The highest BCUT2D eigenvalue weighted by Crippen LogP contribution is 2.33. The topological polar surface area (TPSA) is 71.5 Å². The minimum absolute atomic E-state index is 0.0245. The van der Waals surface area contributed by atoms with Gasteiger partial charge in [-0.05, 0) is 31.2 Å². The number of likely N-dealkylation sites (tertiary alicyclic amines) is 1. The van der Waals surface area contributed by atoms with Gasteiger partial charge in [-0.25, -0.2) is 0 Å². The highest BCUT2D eigenvalue weighted by molar-refractivity contribution is 5.81. The van der Waals surface area contributed by atoms with Gasteiger partial charge in [0.05, 0.1) is 18.8 Å². The number of carbonyl (C=O) groups excluding carboxylic acids is 2. The number of hydrogen-bond acceptors (Lipinski definition) is 4. The Morgan fingerprint density at radius 1 is 1.32 bits per heavy atom. The number of carbonyl (C=O) groups is 2. The summed E-state index contributed by atoms with van der Waals surface area (Å²) in [5, 5.41) is 2.98. The quantitative estimate of drug-likeness (QED) is 0.706. The second-order valence-corrected chi connectivity index (χ2v) is 8.82. The van der Waals surface area contributed by atoms with Crippen molar-refractivity contribution in [1.82, 2.24) is 15.2 Å². The Morgan fingerprint density at radius 3 is 2.82 bits per heavy atom. The molecule has 3 rings (SSSR count). The summed E-state index contributed by atoms with van der Waals surface area (Å²) < 4.78 is 6.08. The smallest absolute Gasteiger partial charge is 0.225 e. The molecule has 1 atom stereocenters. The monoisotopic (exact) mass is 387 g/mol. The number of nitrogens with zero attached hydrogens (tertiary/aromatic N) is 2. The number of amides is 2. The van der Waals surface area contributed by atoms with E-state index < -0.39 is 0 Å². The molecule has 2 heterocycles. The number of ether oxygens (including phenoxy) is 1. The van der Waals surface area contributed by atoms with Gasteiger partial charge in [-0.2, -0.15) is 0 Å². The van der Waals surface area contributed by atoms with Crippen molar-refractivity contribution in [3.8, 4) is 5.75 Å². The van der Waals surface area contributed by atoms with Crippen molar-refractivity contribution in [2.24, 2.45) is 11.3 Å². The minimum atomic E-state index is -0.372. The van der Waals surface area contributed by atoms with Crippen LogP contribution in [0.2, 0.25) is 0 Å². The molecule has 1 saturated carbocycles. The van der Waals surface area contributed by atoms with Crippen molar-refractivity contribution < 1.29 is 14.3 Å². The second kappa shape index (κ2) is 8.93. The van der Waals surface area contributed by atoms with E-state index in [4.69, 9.17) is 4.74 Å². The first-order valence-corrected chi connectivity index (χ1v) is 10.5. The molecule has 6 nitrogen and oxygen atoms in total. The summed E-state index contributed by atoms with van der Waals surface area (Å²) in [6, 6.07) is 3.71. The molecule has 2 aliphatic rings. The molecular formula is C22H33N3O3. The summed E-state index contributed by atoms with van der Waals surface area (Å²) >= 11 is 0. The van der Waals surface area contributed by atoms with Gasteiger partial charge in [0, 0.05) is 37.1 Å². The lowest BCUT2D eigenvalue weighted by Crippen LogP contribution is -2.36. The average Bonchev–Trinajstić information content (AvgIpc) is 3.34. The summed E-state index contributed by atoms with van der Waals surface area (Å²) in [5.41, 5.74) is 0.404. The van der Waals surface area contributed by atoms with Gasteiger partial charge < -0.3 is 15.0 Å². The standard InChI is InChI=1S/C22H33N3O3/c1-4-9-22(2,3)21(27)24-14-17-13-18(7-10-23-17)28-19-8-11-25(15-19)20(26)12-16-5-6-16/h7,10,13,16,19H,4-6,8-9,11-12,14-15H2,1-3H3,(H,24,27). The van der Waals surface area contributed by atoms with Gasteiger partial charge in [-0.15, -0.1) is 0 Å². The van der Waals surface area contributed by atoms with Crippen molar-refractivity contribution >= 4 is 11.8 Å². The van der Waals surface area contributed by atoms with Crippen LogP contribution < -0.4 is 10.1 Å². The maximum Gasteiger partial charge on any atom is 0.225 e. The molecule has 1 aromatic rings. The Labute approximate surface area is 168 Å². The molecule has 1 aromatic heterocycles. The van der Waals surface area contributed by atoms with Crippen LogP contribution in [0.1, 0.15) is 65.0 Å². The zero-order valence-electron chi connectivity index (χ0n) is 17.4. The SMILES string of the molecule is CCCC(C)(C)C(=O)NCc1cc(OC2CCN(C(=O)CC3CC3)C2)ccn1. The molecule has 1 saturated heterocycles. The van der Waals surface area contributed by atoms with Crippen molar-refractivity contribution in [3.63, 3.8) is 0 Å². The number of hydrogen-bond donors (Lipinski definition) is 1. The summed E-state index contributed by atoms with van der Waals surface area (Å²) in [7, 11) is 0. The van der Waals surface area contributed by atoms with E-state index in [-0.39, 0.29) is 23.3 Å². The van der Waals surface area contributed by atoms with E-state index in [0.29, 0.717) is 25.4 Å². The van der Waals surface area contributed by atoms with Gasteiger partial charge in [-0.1, -0.05) is 27.2 Å². The van der Waals surface area contributed by atoms with E-state index in [0.717, 1.165) is 37.3 Å². The Balaban J connectivity index is 1.48. The van der Waals surface area contributed by atoms with Crippen molar-refractivity contribution in [2.45, 2.75) is 71.9 Å². The lowest BCUT2D eigenvalue weighted by atomic mass is 9.87. The van der Waals surface area contributed by atoms with Gasteiger partial charge in [0.15, 0.2) is 0 Å². The molecule has 28 heavy (non-hydrogen) atoms. The molecule has 1 aliphatic carbocycles. The van der Waals surface area contributed by atoms with Crippen molar-refractivity contribution in [3.05, 3.63) is 24.0 Å². The van der Waals surface area contributed by atoms with Crippen LogP contribution in [0.5, 0.6) is 5.75 Å². The molecule has 0 aromatic carbocycles. The molecule has 1 N–H and O–H groups in total. The summed E-state index contributed by atoms with van der Waals surface area (Å²) in [6.45, 7) is 7.84. The molecule has 0 radical (unpaired) electrons. The Kier molecular flexibility index (Phi) is 6.57. The highest BCUT2D eigenvalue weighted by Gasteiger charge is 2.32. The van der Waals surface area contributed by atoms with Crippen LogP contribution in [0.25, 0.3) is 0 Å². The molecular weight excluding hydrogens is 354 g/mol. The third kappa shape index (κ3) is 5.69. The number of nitrogens with one attached hydrogen (secondary N) is 1. The first kappa shape index (κ1) is 20.6. The molecule has 6 heteroatoms. The fraction of sp³-hybridized carbons (Fsp3) is 0.682. The number of rotatable bonds is 9.